The van der Waals surface area contributed by atoms with E-state index in [-0.39, 0.29) is 18.3 Å². The van der Waals surface area contributed by atoms with Gasteiger partial charge in [0, 0.05) is 6.20 Å². The van der Waals surface area contributed by atoms with Gasteiger partial charge in [0.1, 0.15) is 0 Å². The first kappa shape index (κ1) is 16.2. The van der Waals surface area contributed by atoms with Crippen molar-refractivity contribution in [2.75, 3.05) is 0 Å². The molecule has 0 unspecified atom stereocenters. The summed E-state index contributed by atoms with van der Waals surface area (Å²) in [6.45, 7) is 11.6. The Labute approximate surface area is 127 Å². The average molecular weight is 289 g/mol. The molecule has 0 amide bonds. The SMILES string of the molecule is CC(C)(O)c1ccnc(/C=C/B2OC(C)(C)C(C)(C)O2)c1. The Morgan fingerprint density at radius 3 is 2.29 bits per heavy atom. The van der Waals surface area contributed by atoms with Crippen molar-refractivity contribution in [3.8, 4) is 0 Å². The summed E-state index contributed by atoms with van der Waals surface area (Å²) in [5.74, 6) is 1.85. The second kappa shape index (κ2) is 5.23. The Morgan fingerprint density at radius 1 is 1.19 bits per heavy atom. The molecule has 4 nitrogen and oxygen atoms in total. The number of pyridine rings is 1. The van der Waals surface area contributed by atoms with Crippen molar-refractivity contribution < 1.29 is 14.4 Å². The summed E-state index contributed by atoms with van der Waals surface area (Å²) in [6, 6.07) is 3.67. The molecule has 5 heteroatoms. The number of hydrogen-bond acceptors (Lipinski definition) is 4. The van der Waals surface area contributed by atoms with E-state index in [0.29, 0.717) is 0 Å². The lowest BCUT2D eigenvalue weighted by Crippen LogP contribution is -2.41. The largest absolute Gasteiger partial charge is 0.487 e. The zero-order chi connectivity index (χ0) is 15.9. The van der Waals surface area contributed by atoms with E-state index in [4.69, 9.17) is 9.31 Å². The summed E-state index contributed by atoms with van der Waals surface area (Å²) < 4.78 is 11.8. The molecule has 1 saturated heterocycles. The first-order valence-corrected chi connectivity index (χ1v) is 7.24. The average Bonchev–Trinajstić information content (AvgIpc) is 2.55. The van der Waals surface area contributed by atoms with Gasteiger partial charge in [-0.1, -0.05) is 5.98 Å². The summed E-state index contributed by atoms with van der Waals surface area (Å²) in [5.41, 5.74) is 0.0281. The Hall–Kier alpha value is -1.17. The molecule has 114 valence electrons. The molecule has 1 aliphatic rings. The Bertz CT molecular complexity index is 531. The van der Waals surface area contributed by atoms with Crippen LogP contribution in [0.1, 0.15) is 52.8 Å². The van der Waals surface area contributed by atoms with Crippen LogP contribution in [0.5, 0.6) is 0 Å². The summed E-state index contributed by atoms with van der Waals surface area (Å²) in [7, 11) is -0.386. The number of aliphatic hydroxyl groups is 1. The van der Waals surface area contributed by atoms with Crippen LogP contribution in [0.4, 0.5) is 0 Å². The van der Waals surface area contributed by atoms with Crippen LogP contribution in [0, 0.1) is 0 Å². The molecule has 1 aromatic rings. The lowest BCUT2D eigenvalue weighted by atomic mass is 9.89. The zero-order valence-electron chi connectivity index (χ0n) is 13.7. The molecule has 2 heterocycles. The van der Waals surface area contributed by atoms with Crippen molar-refractivity contribution >= 4 is 13.2 Å². The quantitative estimate of drug-likeness (QED) is 0.869. The van der Waals surface area contributed by atoms with Crippen LogP contribution in [-0.2, 0) is 14.9 Å². The Morgan fingerprint density at radius 2 is 1.76 bits per heavy atom. The van der Waals surface area contributed by atoms with Gasteiger partial charge in [0.15, 0.2) is 0 Å². The summed E-state index contributed by atoms with van der Waals surface area (Å²) in [6.07, 6.45) is 3.55. The van der Waals surface area contributed by atoms with Crippen LogP contribution in [0.3, 0.4) is 0 Å². The fourth-order valence-corrected chi connectivity index (χ4v) is 2.06. The van der Waals surface area contributed by atoms with Gasteiger partial charge in [0.2, 0.25) is 0 Å². The highest BCUT2D eigenvalue weighted by molar-refractivity contribution is 6.52. The third-order valence-corrected chi connectivity index (χ3v) is 4.18. The third-order valence-electron chi connectivity index (χ3n) is 4.18. The minimum absolute atomic E-state index is 0.343. The van der Waals surface area contributed by atoms with Crippen LogP contribution in [-0.4, -0.2) is 28.4 Å². The van der Waals surface area contributed by atoms with E-state index in [1.54, 1.807) is 20.0 Å². The van der Waals surface area contributed by atoms with Gasteiger partial charge in [-0.05, 0) is 65.3 Å². The second-order valence-corrected chi connectivity index (χ2v) is 7.01. The molecule has 0 saturated carbocycles. The molecule has 0 bridgehead atoms. The first-order valence-electron chi connectivity index (χ1n) is 7.24. The maximum atomic E-state index is 10.0. The molecule has 2 rings (SSSR count). The van der Waals surface area contributed by atoms with E-state index in [1.807, 2.05) is 51.9 Å². The minimum Gasteiger partial charge on any atom is -0.400 e. The van der Waals surface area contributed by atoms with Gasteiger partial charge in [-0.15, -0.1) is 0 Å². The van der Waals surface area contributed by atoms with Crippen molar-refractivity contribution in [3.63, 3.8) is 0 Å². The van der Waals surface area contributed by atoms with E-state index in [2.05, 4.69) is 4.98 Å². The number of nitrogens with zero attached hydrogens (tertiary/aromatic N) is 1. The molecular formula is C16H24BNO3. The molecule has 1 fully saturated rings. The molecule has 0 radical (unpaired) electrons. The molecular weight excluding hydrogens is 265 g/mol. The van der Waals surface area contributed by atoms with Gasteiger partial charge in [-0.2, -0.15) is 0 Å². The highest BCUT2D eigenvalue weighted by Crippen LogP contribution is 2.37. The van der Waals surface area contributed by atoms with E-state index in [0.717, 1.165) is 11.3 Å². The van der Waals surface area contributed by atoms with Crippen molar-refractivity contribution in [2.24, 2.45) is 0 Å². The number of rotatable bonds is 3. The monoisotopic (exact) mass is 289 g/mol. The number of hydrogen-bond donors (Lipinski definition) is 1. The Balaban J connectivity index is 2.13. The van der Waals surface area contributed by atoms with Crippen LogP contribution < -0.4 is 0 Å². The van der Waals surface area contributed by atoms with Crippen molar-refractivity contribution in [1.29, 1.82) is 0 Å². The van der Waals surface area contributed by atoms with Gasteiger partial charge < -0.3 is 14.4 Å². The van der Waals surface area contributed by atoms with Gasteiger partial charge in [0.25, 0.3) is 0 Å². The Kier molecular flexibility index (Phi) is 4.04. The predicted molar refractivity (Wildman–Crippen MR) is 84.6 cm³/mol. The normalized spacial score (nSPS) is 21.2. The molecule has 0 atom stereocenters. The predicted octanol–water partition coefficient (Wildman–Crippen LogP) is 2.95. The first-order chi connectivity index (χ1) is 9.51. The second-order valence-electron chi connectivity index (χ2n) is 7.01. The molecule has 0 aromatic carbocycles. The summed E-state index contributed by atoms with van der Waals surface area (Å²) >= 11 is 0. The van der Waals surface area contributed by atoms with Crippen LogP contribution in [0.15, 0.2) is 24.3 Å². The summed E-state index contributed by atoms with van der Waals surface area (Å²) in [5, 5.41) is 10.0. The standard InChI is InChI=1S/C16H24BNO3/c1-14(2,19)12-8-10-18-13(11-12)7-9-17-20-15(3,4)16(5,6)21-17/h7-11,19H,1-6H3/b9-7+. The number of aromatic nitrogens is 1. The van der Waals surface area contributed by atoms with Crippen LogP contribution >= 0.6 is 0 Å². The maximum absolute atomic E-state index is 10.0. The van der Waals surface area contributed by atoms with Gasteiger partial charge in [-0.3, -0.25) is 4.98 Å². The topological polar surface area (TPSA) is 51.6 Å². The lowest BCUT2D eigenvalue weighted by Gasteiger charge is -2.32. The van der Waals surface area contributed by atoms with E-state index >= 15 is 0 Å². The van der Waals surface area contributed by atoms with Crippen molar-refractivity contribution in [3.05, 3.63) is 35.6 Å². The van der Waals surface area contributed by atoms with Gasteiger partial charge in [0.05, 0.1) is 22.5 Å². The lowest BCUT2D eigenvalue weighted by molar-refractivity contribution is 0.00578. The third kappa shape index (κ3) is 3.54. The fraction of sp³-hybridized carbons (Fsp3) is 0.562. The van der Waals surface area contributed by atoms with Crippen LogP contribution in [0.25, 0.3) is 6.08 Å². The maximum Gasteiger partial charge on any atom is 0.487 e. The zero-order valence-corrected chi connectivity index (χ0v) is 13.7. The van der Waals surface area contributed by atoms with E-state index < -0.39 is 5.60 Å². The van der Waals surface area contributed by atoms with Gasteiger partial charge in [-0.25, -0.2) is 0 Å². The van der Waals surface area contributed by atoms with Crippen molar-refractivity contribution in [1.82, 2.24) is 4.98 Å². The molecule has 0 aliphatic carbocycles. The highest BCUT2D eigenvalue weighted by atomic mass is 16.7. The smallest absolute Gasteiger partial charge is 0.400 e. The molecule has 1 aromatic heterocycles. The van der Waals surface area contributed by atoms with Gasteiger partial charge >= 0.3 is 7.12 Å². The van der Waals surface area contributed by atoms with Crippen molar-refractivity contribution in [2.45, 2.75) is 58.3 Å². The molecule has 1 aliphatic heterocycles. The molecule has 21 heavy (non-hydrogen) atoms. The minimum atomic E-state index is -0.879. The highest BCUT2D eigenvalue weighted by Gasteiger charge is 2.50. The summed E-state index contributed by atoms with van der Waals surface area (Å²) in [4.78, 5) is 4.28. The molecule has 1 N–H and O–H groups in total. The fourth-order valence-electron chi connectivity index (χ4n) is 2.06. The van der Waals surface area contributed by atoms with E-state index in [9.17, 15) is 5.11 Å². The molecule has 0 spiro atoms. The van der Waals surface area contributed by atoms with E-state index in [1.165, 1.54) is 0 Å². The van der Waals surface area contributed by atoms with Crippen LogP contribution in [0.2, 0.25) is 0 Å².